The highest BCUT2D eigenvalue weighted by Gasteiger charge is 2.35. The van der Waals surface area contributed by atoms with Crippen molar-refractivity contribution >= 4 is 11.9 Å². The summed E-state index contributed by atoms with van der Waals surface area (Å²) >= 11 is 0. The number of amides is 1. The van der Waals surface area contributed by atoms with Crippen molar-refractivity contribution in [3.8, 4) is 0 Å². The molecule has 0 saturated heterocycles. The van der Waals surface area contributed by atoms with E-state index in [2.05, 4.69) is 12.2 Å². The Kier molecular flexibility index (Phi) is 12.9. The van der Waals surface area contributed by atoms with Gasteiger partial charge in [-0.2, -0.15) is 13.2 Å². The van der Waals surface area contributed by atoms with E-state index in [1.54, 1.807) is 0 Å². The van der Waals surface area contributed by atoms with E-state index in [1.807, 2.05) is 0 Å². The molecule has 0 radical (unpaired) electrons. The van der Waals surface area contributed by atoms with E-state index in [0.717, 1.165) is 31.4 Å². The zero-order valence-electron chi connectivity index (χ0n) is 18.7. The normalized spacial score (nSPS) is 12.4. The molecule has 1 unspecified atom stereocenters. The number of nitrogens with one attached hydrogen (secondary N) is 1. The fourth-order valence-electron chi connectivity index (χ4n) is 3.33. The number of hydrogen-bond donors (Lipinski definition) is 1. The lowest BCUT2D eigenvalue weighted by molar-refractivity contribution is -0.145. The molecule has 0 aromatic heterocycles. The number of halogens is 3. The number of hydrogen-bond acceptors (Lipinski definition) is 3. The highest BCUT2D eigenvalue weighted by Crippen LogP contribution is 2.31. The summed E-state index contributed by atoms with van der Waals surface area (Å²) in [5.41, 5.74) is -1.55. The molecule has 1 atom stereocenters. The van der Waals surface area contributed by atoms with E-state index < -0.39 is 35.2 Å². The number of rotatable bonds is 15. The molecule has 1 aromatic carbocycles. The van der Waals surface area contributed by atoms with Crippen LogP contribution in [0.25, 0.3) is 0 Å². The molecule has 7 heteroatoms. The van der Waals surface area contributed by atoms with Gasteiger partial charge in [0.05, 0.1) is 17.7 Å². The number of ether oxygens (including phenoxy) is 1. The number of carbonyl (C=O) groups is 2. The molecule has 0 spiro atoms. The van der Waals surface area contributed by atoms with Gasteiger partial charge in [-0.3, -0.25) is 4.79 Å². The number of esters is 1. The molecule has 31 heavy (non-hydrogen) atoms. The molecule has 1 N–H and O–H groups in total. The summed E-state index contributed by atoms with van der Waals surface area (Å²) in [6, 6.07) is 3.46. The largest absolute Gasteiger partial charge is 0.464 e. The molecule has 1 rings (SSSR count). The number of alkyl halides is 3. The van der Waals surface area contributed by atoms with E-state index in [-0.39, 0.29) is 6.61 Å². The van der Waals surface area contributed by atoms with Crippen LogP contribution in [0.1, 0.15) is 100 Å². The first-order valence-corrected chi connectivity index (χ1v) is 11.4. The highest BCUT2D eigenvalue weighted by atomic mass is 19.4. The van der Waals surface area contributed by atoms with Crippen molar-refractivity contribution < 1.29 is 27.5 Å². The molecular weight excluding hydrogens is 407 g/mol. The van der Waals surface area contributed by atoms with Gasteiger partial charge in [-0.1, -0.05) is 83.3 Å². The quantitative estimate of drug-likeness (QED) is 0.243. The van der Waals surface area contributed by atoms with Crippen LogP contribution in [0.3, 0.4) is 0 Å². The standard InChI is InChI=1S/C24H36F3NO3/c1-3-4-5-6-7-8-9-10-11-12-15-18-31-23(30)19(2)28-22(29)20-16-13-14-17-21(20)24(25,26)27/h13-14,16-17,19H,3-12,15,18H2,1-2H3,(H,28,29). The summed E-state index contributed by atoms with van der Waals surface area (Å²) in [4.78, 5) is 24.2. The van der Waals surface area contributed by atoms with Crippen LogP contribution in [0.4, 0.5) is 13.2 Å². The maximum absolute atomic E-state index is 13.0. The van der Waals surface area contributed by atoms with Crippen molar-refractivity contribution in [3.63, 3.8) is 0 Å². The average Bonchev–Trinajstić information content (AvgIpc) is 2.73. The minimum Gasteiger partial charge on any atom is -0.464 e. The highest BCUT2D eigenvalue weighted by molar-refractivity contribution is 5.98. The fourth-order valence-corrected chi connectivity index (χ4v) is 3.33. The second-order valence-corrected chi connectivity index (χ2v) is 7.94. The lowest BCUT2D eigenvalue weighted by Gasteiger charge is -2.16. The van der Waals surface area contributed by atoms with Crippen LogP contribution in [0.15, 0.2) is 24.3 Å². The lowest BCUT2D eigenvalue weighted by atomic mass is 10.1. The first kappa shape index (κ1) is 27.0. The zero-order chi connectivity index (χ0) is 23.1. The van der Waals surface area contributed by atoms with Gasteiger partial charge in [0.15, 0.2) is 0 Å². The summed E-state index contributed by atoms with van der Waals surface area (Å²) in [6.45, 7) is 3.86. The molecule has 0 saturated carbocycles. The van der Waals surface area contributed by atoms with Crippen molar-refractivity contribution in [3.05, 3.63) is 35.4 Å². The van der Waals surface area contributed by atoms with Gasteiger partial charge in [-0.05, 0) is 25.5 Å². The number of unbranched alkanes of at least 4 members (excludes halogenated alkanes) is 10. The Bertz CT molecular complexity index is 662. The molecule has 0 aliphatic carbocycles. The van der Waals surface area contributed by atoms with Gasteiger partial charge >= 0.3 is 12.1 Å². The summed E-state index contributed by atoms with van der Waals surface area (Å²) in [7, 11) is 0. The predicted molar refractivity (Wildman–Crippen MR) is 116 cm³/mol. The Balaban J connectivity index is 2.20. The average molecular weight is 444 g/mol. The van der Waals surface area contributed by atoms with E-state index in [9.17, 15) is 22.8 Å². The van der Waals surface area contributed by atoms with Crippen molar-refractivity contribution in [1.82, 2.24) is 5.32 Å². The van der Waals surface area contributed by atoms with Crippen LogP contribution >= 0.6 is 0 Å². The third-order valence-corrected chi connectivity index (χ3v) is 5.17. The zero-order valence-corrected chi connectivity index (χ0v) is 18.7. The first-order chi connectivity index (χ1) is 14.8. The lowest BCUT2D eigenvalue weighted by Crippen LogP contribution is -2.40. The Morgan fingerprint density at radius 2 is 1.42 bits per heavy atom. The second kappa shape index (κ2) is 14.9. The molecule has 0 fully saturated rings. The van der Waals surface area contributed by atoms with Gasteiger partial charge in [-0.25, -0.2) is 4.79 Å². The molecule has 1 aromatic rings. The van der Waals surface area contributed by atoms with Gasteiger partial charge in [0.1, 0.15) is 6.04 Å². The molecule has 4 nitrogen and oxygen atoms in total. The van der Waals surface area contributed by atoms with Gasteiger partial charge in [0.25, 0.3) is 5.91 Å². The molecular formula is C24H36F3NO3. The number of benzene rings is 1. The van der Waals surface area contributed by atoms with Crippen molar-refractivity contribution in [2.24, 2.45) is 0 Å². The molecule has 1 amide bonds. The van der Waals surface area contributed by atoms with E-state index in [1.165, 1.54) is 70.4 Å². The number of carbonyl (C=O) groups excluding carboxylic acids is 2. The van der Waals surface area contributed by atoms with Crippen LogP contribution < -0.4 is 5.32 Å². The van der Waals surface area contributed by atoms with Crippen molar-refractivity contribution in [2.45, 2.75) is 96.7 Å². The van der Waals surface area contributed by atoms with Gasteiger partial charge in [-0.15, -0.1) is 0 Å². The molecule has 0 aliphatic heterocycles. The first-order valence-electron chi connectivity index (χ1n) is 11.4. The Hall–Kier alpha value is -2.05. The van der Waals surface area contributed by atoms with Crippen molar-refractivity contribution in [2.75, 3.05) is 6.61 Å². The van der Waals surface area contributed by atoms with Crippen LogP contribution in [0, 0.1) is 0 Å². The Labute approximate surface area is 183 Å². The van der Waals surface area contributed by atoms with Crippen molar-refractivity contribution in [1.29, 1.82) is 0 Å². The maximum atomic E-state index is 13.0. The summed E-state index contributed by atoms with van der Waals surface area (Å²) in [6.07, 6.45) is 8.35. The van der Waals surface area contributed by atoms with Crippen LogP contribution in [-0.2, 0) is 15.7 Å². The predicted octanol–water partition coefficient (Wildman–Crippen LogP) is 6.68. The third kappa shape index (κ3) is 11.2. The van der Waals surface area contributed by atoms with Gasteiger partial charge in [0.2, 0.25) is 0 Å². The summed E-state index contributed by atoms with van der Waals surface area (Å²) in [5.74, 6) is -1.60. The molecule has 0 aliphatic rings. The molecule has 0 heterocycles. The fraction of sp³-hybridized carbons (Fsp3) is 0.667. The molecule has 176 valence electrons. The Morgan fingerprint density at radius 1 is 0.903 bits per heavy atom. The van der Waals surface area contributed by atoms with Crippen LogP contribution in [0.2, 0.25) is 0 Å². The van der Waals surface area contributed by atoms with Crippen LogP contribution in [-0.4, -0.2) is 24.5 Å². The summed E-state index contributed by atoms with van der Waals surface area (Å²) in [5, 5.41) is 2.29. The monoisotopic (exact) mass is 443 g/mol. The maximum Gasteiger partial charge on any atom is 0.417 e. The SMILES string of the molecule is CCCCCCCCCCCCCOC(=O)C(C)NC(=O)c1ccccc1C(F)(F)F. The minimum absolute atomic E-state index is 0.245. The topological polar surface area (TPSA) is 55.4 Å². The van der Waals surface area contributed by atoms with Gasteiger partial charge in [0, 0.05) is 0 Å². The minimum atomic E-state index is -4.65. The molecule has 0 bridgehead atoms. The summed E-state index contributed by atoms with van der Waals surface area (Å²) < 4.78 is 44.2. The Morgan fingerprint density at radius 3 is 1.97 bits per heavy atom. The van der Waals surface area contributed by atoms with Gasteiger partial charge < -0.3 is 10.1 Å². The third-order valence-electron chi connectivity index (χ3n) is 5.17. The van der Waals surface area contributed by atoms with E-state index in [0.29, 0.717) is 0 Å². The van der Waals surface area contributed by atoms with E-state index >= 15 is 0 Å². The smallest absolute Gasteiger partial charge is 0.417 e. The van der Waals surface area contributed by atoms with Crippen LogP contribution in [0.5, 0.6) is 0 Å². The second-order valence-electron chi connectivity index (χ2n) is 7.94. The van der Waals surface area contributed by atoms with E-state index in [4.69, 9.17) is 4.74 Å².